The first kappa shape index (κ1) is 13.6. The highest BCUT2D eigenvalue weighted by Crippen LogP contribution is 2.40. The van der Waals surface area contributed by atoms with Crippen molar-refractivity contribution in [3.63, 3.8) is 0 Å². The van der Waals surface area contributed by atoms with Crippen LogP contribution in [-0.4, -0.2) is 21.5 Å². The van der Waals surface area contributed by atoms with Crippen molar-refractivity contribution in [3.8, 4) is 0 Å². The van der Waals surface area contributed by atoms with Crippen LogP contribution in [0.25, 0.3) is 10.9 Å². The van der Waals surface area contributed by atoms with Gasteiger partial charge in [-0.1, -0.05) is 22.0 Å². The second kappa shape index (κ2) is 5.02. The maximum Gasteiger partial charge on any atom is 0.144 e. The van der Waals surface area contributed by atoms with Crippen molar-refractivity contribution < 1.29 is 0 Å². The number of rotatable bonds is 1. The molecule has 3 aromatic rings. The maximum atomic E-state index is 4.57. The molecule has 22 heavy (non-hydrogen) atoms. The lowest BCUT2D eigenvalue weighted by molar-refractivity contribution is 0.971. The number of halogens is 1. The van der Waals surface area contributed by atoms with Gasteiger partial charge in [-0.3, -0.25) is 4.98 Å². The predicted octanol–water partition coefficient (Wildman–Crippen LogP) is 4.10. The molecule has 0 saturated heterocycles. The zero-order chi connectivity index (χ0) is 15.3. The van der Waals surface area contributed by atoms with Crippen LogP contribution >= 0.6 is 15.9 Å². The number of anilines is 2. The van der Waals surface area contributed by atoms with E-state index >= 15 is 0 Å². The molecule has 2 aromatic heterocycles. The van der Waals surface area contributed by atoms with E-state index in [1.165, 1.54) is 16.8 Å². The Bertz CT molecular complexity index is 891. The fourth-order valence-corrected chi connectivity index (χ4v) is 3.45. The summed E-state index contributed by atoms with van der Waals surface area (Å²) in [5.74, 6) is 0.968. The number of nitrogens with zero attached hydrogens (tertiary/aromatic N) is 4. The van der Waals surface area contributed by atoms with Crippen LogP contribution in [0.1, 0.15) is 16.8 Å². The summed E-state index contributed by atoms with van der Waals surface area (Å²) in [6.07, 6.45) is 4.49. The van der Waals surface area contributed by atoms with Gasteiger partial charge in [0.2, 0.25) is 0 Å². The third-order valence-electron chi connectivity index (χ3n) is 4.22. The minimum Gasteiger partial charge on any atom is -0.325 e. The Morgan fingerprint density at radius 2 is 2.00 bits per heavy atom. The molecule has 0 amide bonds. The summed E-state index contributed by atoms with van der Waals surface area (Å²) < 4.78 is 1.13. The molecule has 4 nitrogen and oxygen atoms in total. The largest absolute Gasteiger partial charge is 0.325 e. The van der Waals surface area contributed by atoms with Gasteiger partial charge in [-0.15, -0.1) is 0 Å². The Kier molecular flexibility index (Phi) is 3.11. The summed E-state index contributed by atoms with van der Waals surface area (Å²) >= 11 is 3.64. The monoisotopic (exact) mass is 354 g/mol. The molecule has 1 aliphatic heterocycles. The van der Waals surface area contributed by atoms with E-state index in [0.717, 1.165) is 39.9 Å². The molecule has 0 N–H and O–H groups in total. The average molecular weight is 355 g/mol. The second-order valence-electron chi connectivity index (χ2n) is 5.62. The van der Waals surface area contributed by atoms with Gasteiger partial charge in [0, 0.05) is 27.8 Å². The number of fused-ring (bicyclic) bond motifs is 2. The van der Waals surface area contributed by atoms with E-state index in [4.69, 9.17) is 0 Å². The number of aromatic nitrogens is 3. The zero-order valence-corrected chi connectivity index (χ0v) is 14.1. The van der Waals surface area contributed by atoms with E-state index < -0.39 is 0 Å². The Balaban J connectivity index is 1.96. The van der Waals surface area contributed by atoms with Crippen molar-refractivity contribution in [3.05, 3.63) is 52.0 Å². The molecule has 0 aliphatic carbocycles. The molecule has 0 radical (unpaired) electrons. The lowest BCUT2D eigenvalue weighted by Gasteiger charge is -2.22. The first-order valence-corrected chi connectivity index (χ1v) is 8.07. The number of hydrogen-bond acceptors (Lipinski definition) is 4. The first-order valence-electron chi connectivity index (χ1n) is 7.28. The summed E-state index contributed by atoms with van der Waals surface area (Å²) in [7, 11) is 0. The second-order valence-corrected chi connectivity index (χ2v) is 6.48. The average Bonchev–Trinajstić information content (AvgIpc) is 2.95. The van der Waals surface area contributed by atoms with Crippen LogP contribution in [0.4, 0.5) is 11.5 Å². The fourth-order valence-electron chi connectivity index (χ4n) is 3.13. The highest BCUT2D eigenvalue weighted by molar-refractivity contribution is 9.10. The van der Waals surface area contributed by atoms with Crippen LogP contribution in [0.15, 0.2) is 35.2 Å². The minimum atomic E-state index is 0.886. The van der Waals surface area contributed by atoms with E-state index in [0.29, 0.717) is 0 Å². The van der Waals surface area contributed by atoms with E-state index in [2.05, 4.69) is 60.9 Å². The van der Waals surface area contributed by atoms with Crippen molar-refractivity contribution in [1.82, 2.24) is 15.0 Å². The molecule has 1 aliphatic rings. The lowest BCUT2D eigenvalue weighted by atomic mass is 10.1. The summed E-state index contributed by atoms with van der Waals surface area (Å²) in [6, 6.07) is 6.39. The van der Waals surface area contributed by atoms with Gasteiger partial charge in [-0.25, -0.2) is 9.97 Å². The van der Waals surface area contributed by atoms with Gasteiger partial charge >= 0.3 is 0 Å². The van der Waals surface area contributed by atoms with Crippen molar-refractivity contribution in [2.45, 2.75) is 20.3 Å². The number of aryl methyl sites for hydroxylation is 1. The molecular weight excluding hydrogens is 340 g/mol. The molecule has 0 saturated carbocycles. The molecule has 110 valence electrons. The quantitative estimate of drug-likeness (QED) is 0.659. The van der Waals surface area contributed by atoms with Crippen LogP contribution in [0.3, 0.4) is 0 Å². The summed E-state index contributed by atoms with van der Waals surface area (Å²) in [5.41, 5.74) is 5.76. The van der Waals surface area contributed by atoms with E-state index in [1.807, 2.05) is 13.1 Å². The Morgan fingerprint density at radius 1 is 1.14 bits per heavy atom. The van der Waals surface area contributed by atoms with Crippen LogP contribution < -0.4 is 4.90 Å². The maximum absolute atomic E-state index is 4.57. The van der Waals surface area contributed by atoms with Crippen LogP contribution in [0.2, 0.25) is 0 Å². The van der Waals surface area contributed by atoms with E-state index in [-0.39, 0.29) is 0 Å². The van der Waals surface area contributed by atoms with Gasteiger partial charge in [-0.2, -0.15) is 0 Å². The van der Waals surface area contributed by atoms with Crippen LogP contribution in [0, 0.1) is 13.8 Å². The Labute approximate surface area is 137 Å². The van der Waals surface area contributed by atoms with Gasteiger partial charge in [-0.05, 0) is 43.5 Å². The smallest absolute Gasteiger partial charge is 0.144 e. The molecule has 0 unspecified atom stereocenters. The van der Waals surface area contributed by atoms with Gasteiger partial charge in [0.05, 0.1) is 11.7 Å². The fraction of sp³-hybridized carbons (Fsp3) is 0.235. The molecule has 0 bridgehead atoms. The molecule has 3 heterocycles. The number of benzene rings is 1. The van der Waals surface area contributed by atoms with E-state index in [1.54, 1.807) is 6.33 Å². The molecule has 4 rings (SSSR count). The summed E-state index contributed by atoms with van der Waals surface area (Å²) in [6.45, 7) is 5.09. The van der Waals surface area contributed by atoms with Gasteiger partial charge in [0.1, 0.15) is 12.1 Å². The third-order valence-corrected chi connectivity index (χ3v) is 5.08. The zero-order valence-electron chi connectivity index (χ0n) is 12.5. The lowest BCUT2D eigenvalue weighted by Crippen LogP contribution is -2.16. The number of hydrogen-bond donors (Lipinski definition) is 0. The molecule has 0 spiro atoms. The first-order chi connectivity index (χ1) is 10.6. The molecule has 1 aromatic carbocycles. The molecule has 0 fully saturated rings. The third kappa shape index (κ3) is 2.00. The minimum absolute atomic E-state index is 0.886. The van der Waals surface area contributed by atoms with Gasteiger partial charge < -0.3 is 4.90 Å². The standard InChI is InChI=1S/C17H15BrN4/c1-10-7-13-15(8-19-10)20-9-21-17(13)22-6-5-12-3-4-14(18)11(2)16(12)22/h3-4,7-9H,5-6H2,1-2H3. The van der Waals surface area contributed by atoms with Gasteiger partial charge in [0.25, 0.3) is 0 Å². The molecule has 5 heteroatoms. The van der Waals surface area contributed by atoms with Crippen LogP contribution in [-0.2, 0) is 6.42 Å². The van der Waals surface area contributed by atoms with Crippen molar-refractivity contribution >= 4 is 38.3 Å². The molecule has 0 atom stereocenters. The Morgan fingerprint density at radius 3 is 2.86 bits per heavy atom. The predicted molar refractivity (Wildman–Crippen MR) is 91.7 cm³/mol. The van der Waals surface area contributed by atoms with Crippen LogP contribution in [0.5, 0.6) is 0 Å². The van der Waals surface area contributed by atoms with E-state index in [9.17, 15) is 0 Å². The van der Waals surface area contributed by atoms with Gasteiger partial charge in [0.15, 0.2) is 0 Å². The Hall–Kier alpha value is -2.01. The van der Waals surface area contributed by atoms with Crippen molar-refractivity contribution in [2.75, 3.05) is 11.4 Å². The van der Waals surface area contributed by atoms with Crippen molar-refractivity contribution in [1.29, 1.82) is 0 Å². The highest BCUT2D eigenvalue weighted by atomic mass is 79.9. The highest BCUT2D eigenvalue weighted by Gasteiger charge is 2.25. The summed E-state index contributed by atoms with van der Waals surface area (Å²) in [4.78, 5) is 15.6. The molecular formula is C17H15BrN4. The summed E-state index contributed by atoms with van der Waals surface area (Å²) in [5, 5.41) is 1.06. The van der Waals surface area contributed by atoms with Crippen molar-refractivity contribution in [2.24, 2.45) is 0 Å². The SMILES string of the molecule is Cc1cc2c(N3CCc4ccc(Br)c(C)c43)ncnc2cn1. The topological polar surface area (TPSA) is 41.9 Å². The number of pyridine rings is 1. The normalized spacial score (nSPS) is 13.7.